The maximum atomic E-state index is 13.1. The number of hydrogen-bond donors (Lipinski definition) is 2. The highest BCUT2D eigenvalue weighted by atomic mass is 16.5. The second-order valence-electron chi connectivity index (χ2n) is 8.02. The Bertz CT molecular complexity index is 873. The lowest BCUT2D eigenvalue weighted by Crippen LogP contribution is -2.56. The molecule has 3 rings (SSSR count). The van der Waals surface area contributed by atoms with Gasteiger partial charge in [0.1, 0.15) is 11.8 Å². The van der Waals surface area contributed by atoms with Crippen LogP contribution in [0.5, 0.6) is 5.75 Å². The zero-order valence-corrected chi connectivity index (χ0v) is 16.8. The molecule has 0 aromatic heterocycles. The number of rotatable bonds is 3. The number of carbonyl (C=O) groups excluding carboxylic acids is 2. The molecule has 0 unspecified atom stereocenters. The molecule has 0 saturated heterocycles. The molecule has 6 heteroatoms. The van der Waals surface area contributed by atoms with Crippen molar-refractivity contribution < 1.29 is 14.3 Å². The average Bonchev–Trinajstić information content (AvgIpc) is 2.65. The number of anilines is 1. The molecule has 0 spiro atoms. The molecule has 3 amide bonds. The molecule has 0 bridgehead atoms. The van der Waals surface area contributed by atoms with Gasteiger partial charge >= 0.3 is 6.03 Å². The molecule has 1 aliphatic rings. The van der Waals surface area contributed by atoms with Gasteiger partial charge in [-0.25, -0.2) is 4.79 Å². The van der Waals surface area contributed by atoms with Gasteiger partial charge in [-0.3, -0.25) is 4.79 Å². The van der Waals surface area contributed by atoms with E-state index in [1.807, 2.05) is 57.2 Å². The Morgan fingerprint density at radius 2 is 1.79 bits per heavy atom. The summed E-state index contributed by atoms with van der Waals surface area (Å²) < 4.78 is 5.21. The number of benzene rings is 2. The van der Waals surface area contributed by atoms with Gasteiger partial charge in [0.05, 0.1) is 7.11 Å². The number of nitrogens with one attached hydrogen (secondary N) is 2. The van der Waals surface area contributed by atoms with E-state index < -0.39 is 6.04 Å². The second kappa shape index (κ2) is 7.92. The third-order valence-corrected chi connectivity index (χ3v) is 4.63. The quantitative estimate of drug-likeness (QED) is 0.854. The fraction of sp³-hybridized carbons (Fsp3) is 0.364. The highest BCUT2D eigenvalue weighted by molar-refractivity contribution is 5.94. The van der Waals surface area contributed by atoms with Crippen molar-refractivity contribution in [3.63, 3.8) is 0 Å². The Morgan fingerprint density at radius 1 is 1.07 bits per heavy atom. The number of hydrogen-bond acceptors (Lipinski definition) is 3. The summed E-state index contributed by atoms with van der Waals surface area (Å²) in [5.74, 6) is 0.506. The summed E-state index contributed by atoms with van der Waals surface area (Å²) >= 11 is 0. The van der Waals surface area contributed by atoms with E-state index in [1.165, 1.54) is 0 Å². The zero-order chi connectivity index (χ0) is 20.3. The SMILES string of the molecule is COc1cccc(NC(=O)N2Cc3ccccc3C[C@H]2C(=O)NC(C)(C)C)c1. The van der Waals surface area contributed by atoms with Crippen LogP contribution < -0.4 is 15.4 Å². The molecule has 1 heterocycles. The molecule has 2 aromatic carbocycles. The van der Waals surface area contributed by atoms with Crippen LogP contribution >= 0.6 is 0 Å². The van der Waals surface area contributed by atoms with Crippen molar-refractivity contribution in [3.05, 3.63) is 59.7 Å². The number of methoxy groups -OCH3 is 1. The molecule has 1 aliphatic heterocycles. The highest BCUT2D eigenvalue weighted by Crippen LogP contribution is 2.25. The van der Waals surface area contributed by atoms with Gasteiger partial charge in [-0.05, 0) is 44.0 Å². The lowest BCUT2D eigenvalue weighted by Gasteiger charge is -2.37. The first-order chi connectivity index (χ1) is 13.3. The van der Waals surface area contributed by atoms with Crippen molar-refractivity contribution in [3.8, 4) is 5.75 Å². The van der Waals surface area contributed by atoms with Crippen LogP contribution in [0.25, 0.3) is 0 Å². The van der Waals surface area contributed by atoms with Crippen molar-refractivity contribution in [2.24, 2.45) is 0 Å². The van der Waals surface area contributed by atoms with Crippen LogP contribution in [0, 0.1) is 0 Å². The van der Waals surface area contributed by atoms with Crippen LogP contribution in [-0.2, 0) is 17.8 Å². The fourth-order valence-electron chi connectivity index (χ4n) is 3.32. The normalized spacial score (nSPS) is 16.1. The number of ether oxygens (including phenoxy) is 1. The summed E-state index contributed by atoms with van der Waals surface area (Å²) in [7, 11) is 1.58. The summed E-state index contributed by atoms with van der Waals surface area (Å²) in [6, 6.07) is 14.2. The summed E-state index contributed by atoms with van der Waals surface area (Å²) in [5, 5.41) is 5.90. The van der Waals surface area contributed by atoms with E-state index >= 15 is 0 Å². The van der Waals surface area contributed by atoms with Crippen LogP contribution in [0.1, 0.15) is 31.9 Å². The first-order valence-electron chi connectivity index (χ1n) is 9.37. The van der Waals surface area contributed by atoms with Crippen molar-refractivity contribution in [2.75, 3.05) is 12.4 Å². The Morgan fingerprint density at radius 3 is 2.46 bits per heavy atom. The summed E-state index contributed by atoms with van der Waals surface area (Å²) in [6.45, 7) is 6.18. The largest absolute Gasteiger partial charge is 0.497 e. The minimum atomic E-state index is -0.570. The first-order valence-corrected chi connectivity index (χ1v) is 9.37. The van der Waals surface area contributed by atoms with E-state index in [1.54, 1.807) is 24.1 Å². The molecule has 0 saturated carbocycles. The predicted molar refractivity (Wildman–Crippen MR) is 109 cm³/mol. The van der Waals surface area contributed by atoms with Gasteiger partial charge in [0, 0.05) is 30.3 Å². The van der Waals surface area contributed by atoms with Crippen molar-refractivity contribution in [1.82, 2.24) is 10.2 Å². The molecule has 6 nitrogen and oxygen atoms in total. The van der Waals surface area contributed by atoms with E-state index in [4.69, 9.17) is 4.74 Å². The summed E-state index contributed by atoms with van der Waals surface area (Å²) in [4.78, 5) is 27.6. The Balaban J connectivity index is 1.85. The minimum Gasteiger partial charge on any atom is -0.497 e. The molecular weight excluding hydrogens is 354 g/mol. The van der Waals surface area contributed by atoms with E-state index in [0.29, 0.717) is 24.4 Å². The molecule has 2 N–H and O–H groups in total. The van der Waals surface area contributed by atoms with Crippen LogP contribution in [-0.4, -0.2) is 35.5 Å². The smallest absolute Gasteiger partial charge is 0.322 e. The standard InChI is InChI=1S/C22H27N3O3/c1-22(2,3)24-20(26)19-12-15-8-5-6-9-16(15)14-25(19)21(27)23-17-10-7-11-18(13-17)28-4/h5-11,13,19H,12,14H2,1-4H3,(H,23,27)(H,24,26)/t19-/m0/s1. The first kappa shape index (κ1) is 19.7. The van der Waals surface area contributed by atoms with Gasteiger partial charge in [0.25, 0.3) is 0 Å². The molecule has 0 fully saturated rings. The monoisotopic (exact) mass is 381 g/mol. The molecule has 2 aromatic rings. The summed E-state index contributed by atoms with van der Waals surface area (Å²) in [5.41, 5.74) is 2.41. The summed E-state index contributed by atoms with van der Waals surface area (Å²) in [6.07, 6.45) is 0.490. The van der Waals surface area contributed by atoms with Gasteiger partial charge in [-0.15, -0.1) is 0 Å². The maximum absolute atomic E-state index is 13.1. The highest BCUT2D eigenvalue weighted by Gasteiger charge is 2.35. The Hall–Kier alpha value is -3.02. The van der Waals surface area contributed by atoms with Gasteiger partial charge in [-0.2, -0.15) is 0 Å². The van der Waals surface area contributed by atoms with Crippen LogP contribution in [0.3, 0.4) is 0 Å². The predicted octanol–water partition coefficient (Wildman–Crippen LogP) is 3.57. The van der Waals surface area contributed by atoms with Gasteiger partial charge in [0.2, 0.25) is 5.91 Å². The van der Waals surface area contributed by atoms with Crippen molar-refractivity contribution >= 4 is 17.6 Å². The second-order valence-corrected chi connectivity index (χ2v) is 8.02. The van der Waals surface area contributed by atoms with Gasteiger partial charge < -0.3 is 20.3 Å². The molecule has 148 valence electrons. The lowest BCUT2D eigenvalue weighted by molar-refractivity contribution is -0.127. The van der Waals surface area contributed by atoms with Crippen LogP contribution in [0.15, 0.2) is 48.5 Å². The zero-order valence-electron chi connectivity index (χ0n) is 16.8. The van der Waals surface area contributed by atoms with Crippen molar-refractivity contribution in [2.45, 2.75) is 45.3 Å². The number of nitrogens with zero attached hydrogens (tertiary/aromatic N) is 1. The third kappa shape index (κ3) is 4.63. The Kier molecular flexibility index (Phi) is 5.58. The van der Waals surface area contributed by atoms with E-state index in [0.717, 1.165) is 11.1 Å². The molecule has 0 aliphatic carbocycles. The van der Waals surface area contributed by atoms with Gasteiger partial charge in [0.15, 0.2) is 0 Å². The number of urea groups is 1. The van der Waals surface area contributed by atoms with Crippen LogP contribution in [0.2, 0.25) is 0 Å². The molecule has 0 radical (unpaired) electrons. The molecule has 1 atom stereocenters. The lowest BCUT2D eigenvalue weighted by atomic mass is 9.93. The number of amides is 3. The third-order valence-electron chi connectivity index (χ3n) is 4.63. The minimum absolute atomic E-state index is 0.150. The van der Waals surface area contributed by atoms with E-state index in [-0.39, 0.29) is 17.5 Å². The van der Waals surface area contributed by atoms with Crippen LogP contribution in [0.4, 0.5) is 10.5 Å². The van der Waals surface area contributed by atoms with Gasteiger partial charge in [-0.1, -0.05) is 30.3 Å². The fourth-order valence-corrected chi connectivity index (χ4v) is 3.32. The average molecular weight is 381 g/mol. The Labute approximate surface area is 165 Å². The van der Waals surface area contributed by atoms with E-state index in [2.05, 4.69) is 10.6 Å². The number of fused-ring (bicyclic) bond motifs is 1. The maximum Gasteiger partial charge on any atom is 0.322 e. The molecule has 28 heavy (non-hydrogen) atoms. The molecular formula is C22H27N3O3. The number of carbonyl (C=O) groups is 2. The van der Waals surface area contributed by atoms with Crippen molar-refractivity contribution in [1.29, 1.82) is 0 Å². The van der Waals surface area contributed by atoms with E-state index in [9.17, 15) is 9.59 Å². The topological polar surface area (TPSA) is 70.7 Å².